The highest BCUT2D eigenvalue weighted by molar-refractivity contribution is 6.68. The summed E-state index contributed by atoms with van der Waals surface area (Å²) in [5.41, 5.74) is 1.83. The van der Waals surface area contributed by atoms with E-state index in [1.54, 1.807) is 12.1 Å². The van der Waals surface area contributed by atoms with Crippen LogP contribution in [0.1, 0.15) is 5.56 Å². The topological polar surface area (TPSA) is 33.6 Å². The molecule has 0 bridgehead atoms. The number of halogens is 3. The van der Waals surface area contributed by atoms with Crippen molar-refractivity contribution < 1.29 is 4.84 Å². The van der Waals surface area contributed by atoms with Crippen LogP contribution < -0.4 is 5.48 Å². The molecular weight excluding hydrogens is 258 g/mol. The molecule has 1 aromatic rings. The van der Waals surface area contributed by atoms with E-state index in [1.165, 1.54) is 6.34 Å². The van der Waals surface area contributed by atoms with Crippen LogP contribution in [0.15, 0.2) is 35.3 Å². The molecule has 1 aromatic carbocycles. The zero-order chi connectivity index (χ0) is 10.9. The molecule has 2 rings (SSSR count). The molecule has 1 heterocycles. The second-order valence-corrected chi connectivity index (χ2v) is 5.27. The number of hydroxylamine groups is 1. The number of rotatable bonds is 1. The fraction of sp³-hybridized carbons (Fsp3) is 0.222. The molecule has 0 spiro atoms. The first-order valence-corrected chi connectivity index (χ1v) is 5.29. The number of aliphatic imine (C=N–C) groups is 1. The van der Waals surface area contributed by atoms with Crippen LogP contribution in [-0.4, -0.2) is 10.1 Å². The van der Waals surface area contributed by atoms with Gasteiger partial charge >= 0.3 is 0 Å². The van der Waals surface area contributed by atoms with Crippen molar-refractivity contribution in [1.82, 2.24) is 5.48 Å². The summed E-state index contributed by atoms with van der Waals surface area (Å²) in [6.45, 7) is 0. The molecule has 15 heavy (non-hydrogen) atoms. The minimum absolute atomic E-state index is 0.672. The van der Waals surface area contributed by atoms with Crippen molar-refractivity contribution in [3.8, 4) is 0 Å². The van der Waals surface area contributed by atoms with Crippen LogP contribution in [0.2, 0.25) is 0 Å². The number of nitrogens with one attached hydrogen (secondary N) is 1. The quantitative estimate of drug-likeness (QED) is 0.792. The van der Waals surface area contributed by atoms with Crippen molar-refractivity contribution in [2.24, 2.45) is 4.99 Å². The number of alkyl halides is 3. The minimum Gasteiger partial charge on any atom is -0.253 e. The zero-order valence-electron chi connectivity index (χ0n) is 7.45. The fourth-order valence-electron chi connectivity index (χ4n) is 1.35. The molecule has 0 saturated carbocycles. The lowest BCUT2D eigenvalue weighted by Gasteiger charge is -2.31. The van der Waals surface area contributed by atoms with Gasteiger partial charge in [-0.05, 0) is 0 Å². The number of hydrogen-bond acceptors (Lipinski definition) is 3. The van der Waals surface area contributed by atoms with Crippen LogP contribution in [0.5, 0.6) is 0 Å². The Balaban J connectivity index is 2.50. The summed E-state index contributed by atoms with van der Waals surface area (Å²) < 4.78 is -1.69. The standard InChI is InChI=1S/C9H7Cl3N2O/c10-9(11,12)8(13-6-14-15-8)7-4-2-1-3-5-7/h1-6H,(H,13,14). The van der Waals surface area contributed by atoms with Crippen molar-refractivity contribution in [1.29, 1.82) is 0 Å². The van der Waals surface area contributed by atoms with Gasteiger partial charge in [0.25, 0.3) is 5.72 Å². The third kappa shape index (κ3) is 1.81. The van der Waals surface area contributed by atoms with E-state index in [2.05, 4.69) is 10.5 Å². The van der Waals surface area contributed by atoms with Gasteiger partial charge in [0.1, 0.15) is 6.34 Å². The SMILES string of the molecule is ClC(Cl)(Cl)C1(c2ccccc2)N=CNO1. The van der Waals surface area contributed by atoms with Crippen molar-refractivity contribution >= 4 is 41.1 Å². The summed E-state index contributed by atoms with van der Waals surface area (Å²) in [7, 11) is 0. The normalized spacial score (nSPS) is 25.3. The minimum atomic E-state index is -1.69. The molecule has 1 atom stereocenters. The van der Waals surface area contributed by atoms with E-state index in [9.17, 15) is 0 Å². The summed E-state index contributed by atoms with van der Waals surface area (Å²) >= 11 is 17.6. The molecular formula is C9H7Cl3N2O. The Bertz CT molecular complexity index is 377. The molecule has 1 aliphatic rings. The van der Waals surface area contributed by atoms with E-state index < -0.39 is 9.52 Å². The van der Waals surface area contributed by atoms with Crippen molar-refractivity contribution in [2.75, 3.05) is 0 Å². The van der Waals surface area contributed by atoms with E-state index in [4.69, 9.17) is 39.6 Å². The highest BCUT2D eigenvalue weighted by Crippen LogP contribution is 2.49. The molecule has 80 valence electrons. The van der Waals surface area contributed by atoms with E-state index in [0.717, 1.165) is 0 Å². The summed E-state index contributed by atoms with van der Waals surface area (Å²) in [4.78, 5) is 9.28. The van der Waals surface area contributed by atoms with Gasteiger partial charge in [-0.1, -0.05) is 65.1 Å². The molecule has 6 heteroatoms. The second kappa shape index (κ2) is 3.83. The predicted octanol–water partition coefficient (Wildman–Crippen LogP) is 2.77. The molecule has 1 N–H and O–H groups in total. The van der Waals surface area contributed by atoms with Crippen molar-refractivity contribution in [3.05, 3.63) is 35.9 Å². The van der Waals surface area contributed by atoms with Gasteiger partial charge in [0.2, 0.25) is 3.79 Å². The van der Waals surface area contributed by atoms with Gasteiger partial charge in [-0.3, -0.25) is 5.48 Å². The lowest BCUT2D eigenvalue weighted by molar-refractivity contribution is -0.0559. The zero-order valence-corrected chi connectivity index (χ0v) is 9.72. The summed E-state index contributed by atoms with van der Waals surface area (Å²) in [5.74, 6) is 0. The Kier molecular flexibility index (Phi) is 2.81. The first-order valence-electron chi connectivity index (χ1n) is 4.16. The van der Waals surface area contributed by atoms with Gasteiger partial charge in [-0.2, -0.15) is 0 Å². The Morgan fingerprint density at radius 1 is 1.20 bits per heavy atom. The Morgan fingerprint density at radius 2 is 1.87 bits per heavy atom. The monoisotopic (exact) mass is 264 g/mol. The van der Waals surface area contributed by atoms with Crippen LogP contribution >= 0.6 is 34.8 Å². The lowest BCUT2D eigenvalue weighted by atomic mass is 10.1. The second-order valence-electron chi connectivity index (χ2n) is 2.99. The van der Waals surface area contributed by atoms with E-state index in [0.29, 0.717) is 5.56 Å². The number of benzene rings is 1. The van der Waals surface area contributed by atoms with Gasteiger partial charge < -0.3 is 0 Å². The molecule has 0 saturated heterocycles. The van der Waals surface area contributed by atoms with E-state index in [1.807, 2.05) is 18.2 Å². The van der Waals surface area contributed by atoms with Crippen molar-refractivity contribution in [3.63, 3.8) is 0 Å². The van der Waals surface area contributed by atoms with E-state index in [-0.39, 0.29) is 0 Å². The van der Waals surface area contributed by atoms with Gasteiger partial charge in [0, 0.05) is 5.56 Å². The Labute approximate surface area is 102 Å². The van der Waals surface area contributed by atoms with Gasteiger partial charge in [-0.15, -0.1) is 0 Å². The molecule has 1 unspecified atom stereocenters. The highest BCUT2D eigenvalue weighted by Gasteiger charge is 2.54. The average Bonchev–Trinajstić information content (AvgIpc) is 2.68. The van der Waals surface area contributed by atoms with Crippen LogP contribution in [0.3, 0.4) is 0 Å². The van der Waals surface area contributed by atoms with Gasteiger partial charge in [-0.25, -0.2) is 9.83 Å². The maximum Gasteiger partial charge on any atom is 0.258 e. The maximum absolute atomic E-state index is 5.88. The summed E-state index contributed by atoms with van der Waals surface area (Å²) in [5, 5.41) is 0. The first kappa shape index (κ1) is 11.0. The fourth-order valence-corrected chi connectivity index (χ4v) is 1.94. The van der Waals surface area contributed by atoms with Crippen LogP contribution in [-0.2, 0) is 10.6 Å². The molecule has 1 aliphatic heterocycles. The van der Waals surface area contributed by atoms with Crippen molar-refractivity contribution in [2.45, 2.75) is 9.52 Å². The molecule has 3 nitrogen and oxygen atoms in total. The number of hydrogen-bond donors (Lipinski definition) is 1. The third-order valence-electron chi connectivity index (χ3n) is 2.06. The number of nitrogens with zero attached hydrogens (tertiary/aromatic N) is 1. The summed E-state index contributed by atoms with van der Waals surface area (Å²) in [6.07, 6.45) is 1.36. The molecule has 0 amide bonds. The summed E-state index contributed by atoms with van der Waals surface area (Å²) in [6, 6.07) is 9.08. The Morgan fingerprint density at radius 3 is 2.33 bits per heavy atom. The Hall–Kier alpha value is -0.480. The highest BCUT2D eigenvalue weighted by atomic mass is 35.6. The third-order valence-corrected chi connectivity index (χ3v) is 2.82. The largest absolute Gasteiger partial charge is 0.258 e. The maximum atomic E-state index is 5.88. The first-order chi connectivity index (χ1) is 7.06. The molecule has 0 aromatic heterocycles. The van der Waals surface area contributed by atoms with Crippen LogP contribution in [0, 0.1) is 0 Å². The smallest absolute Gasteiger partial charge is 0.253 e. The van der Waals surface area contributed by atoms with E-state index >= 15 is 0 Å². The molecule has 0 fully saturated rings. The lowest BCUT2D eigenvalue weighted by Crippen LogP contribution is -2.40. The molecule has 0 aliphatic carbocycles. The predicted molar refractivity (Wildman–Crippen MR) is 61.1 cm³/mol. The molecule has 0 radical (unpaired) electrons. The van der Waals surface area contributed by atoms with Gasteiger partial charge in [0.05, 0.1) is 0 Å². The van der Waals surface area contributed by atoms with Crippen LogP contribution in [0.4, 0.5) is 0 Å². The van der Waals surface area contributed by atoms with Crippen LogP contribution in [0.25, 0.3) is 0 Å². The average molecular weight is 266 g/mol. The van der Waals surface area contributed by atoms with Gasteiger partial charge in [0.15, 0.2) is 0 Å².